The Bertz CT molecular complexity index is 1520. The van der Waals surface area contributed by atoms with Crippen LogP contribution in [-0.4, -0.2) is 38.5 Å². The lowest BCUT2D eigenvalue weighted by Gasteiger charge is -2.32. The van der Waals surface area contributed by atoms with Gasteiger partial charge >= 0.3 is 6.18 Å². The number of fused-ring (bicyclic) bond motifs is 1. The highest BCUT2D eigenvalue weighted by atomic mass is 19.4. The van der Waals surface area contributed by atoms with Gasteiger partial charge in [-0.3, -0.25) is 14.3 Å². The fourth-order valence-corrected chi connectivity index (χ4v) is 4.66. The van der Waals surface area contributed by atoms with Crippen LogP contribution in [0.2, 0.25) is 0 Å². The molecule has 2 aromatic heterocycles. The third kappa shape index (κ3) is 5.15. The van der Waals surface area contributed by atoms with Gasteiger partial charge in [0.2, 0.25) is 5.95 Å². The zero-order chi connectivity index (χ0) is 26.7. The maximum Gasteiger partial charge on any atom is 0.416 e. The molecule has 0 atom stereocenters. The van der Waals surface area contributed by atoms with E-state index in [0.717, 1.165) is 17.7 Å². The van der Waals surface area contributed by atoms with Crippen molar-refractivity contribution in [2.75, 3.05) is 18.0 Å². The third-order valence-corrected chi connectivity index (χ3v) is 6.44. The van der Waals surface area contributed by atoms with Gasteiger partial charge in [-0.05, 0) is 41.8 Å². The number of rotatable bonds is 6. The first kappa shape index (κ1) is 25.2. The van der Waals surface area contributed by atoms with Gasteiger partial charge in [0.15, 0.2) is 0 Å². The molecule has 0 radical (unpaired) electrons. The minimum atomic E-state index is -4.56. The molecule has 4 aromatic rings. The van der Waals surface area contributed by atoms with Gasteiger partial charge in [-0.25, -0.2) is 4.98 Å². The van der Waals surface area contributed by atoms with Gasteiger partial charge in [0.05, 0.1) is 29.1 Å². The largest absolute Gasteiger partial charge is 0.416 e. The molecule has 0 bridgehead atoms. The zero-order valence-corrected chi connectivity index (χ0v) is 20.3. The fourth-order valence-electron chi connectivity index (χ4n) is 4.66. The fraction of sp³-hybridized carbons (Fsp3) is 0.214. The molecule has 0 aliphatic carbocycles. The first-order valence-corrected chi connectivity index (χ1v) is 12.1. The van der Waals surface area contributed by atoms with Crippen LogP contribution >= 0.6 is 0 Å². The van der Waals surface area contributed by atoms with E-state index >= 15 is 0 Å². The summed E-state index contributed by atoms with van der Waals surface area (Å²) in [5.74, 6) is 0.373. The first-order valence-electron chi connectivity index (χ1n) is 12.1. The lowest BCUT2D eigenvalue weighted by atomic mass is 9.99. The summed E-state index contributed by atoms with van der Waals surface area (Å²) in [6.07, 6.45) is -0.441. The van der Waals surface area contributed by atoms with Crippen molar-refractivity contribution >= 4 is 11.7 Å². The van der Waals surface area contributed by atoms with Gasteiger partial charge in [0.1, 0.15) is 0 Å². The predicted molar refractivity (Wildman–Crippen MR) is 138 cm³/mol. The summed E-state index contributed by atoms with van der Waals surface area (Å²) in [7, 11) is 0. The van der Waals surface area contributed by atoms with E-state index in [1.807, 2.05) is 35.2 Å². The SMILES string of the molecule is O=c1c(-c2cccc(C(F)(F)F)c2)c(-c2ccncc2)nc2n1CCCN2CC(Cc1ccccc1)=NO. The van der Waals surface area contributed by atoms with Crippen LogP contribution in [-0.2, 0) is 19.1 Å². The van der Waals surface area contributed by atoms with Crippen molar-refractivity contribution in [2.45, 2.75) is 25.6 Å². The molecular formula is C28H24F3N5O2. The van der Waals surface area contributed by atoms with E-state index in [0.29, 0.717) is 43.2 Å². The third-order valence-electron chi connectivity index (χ3n) is 6.44. The summed E-state index contributed by atoms with van der Waals surface area (Å²) in [6.45, 7) is 1.17. The van der Waals surface area contributed by atoms with E-state index < -0.39 is 17.3 Å². The van der Waals surface area contributed by atoms with Gasteiger partial charge < -0.3 is 10.1 Å². The minimum absolute atomic E-state index is 0.0910. The number of halogens is 3. The molecule has 1 aliphatic rings. The molecule has 7 nitrogen and oxygen atoms in total. The Morgan fingerprint density at radius 3 is 2.45 bits per heavy atom. The number of alkyl halides is 3. The van der Waals surface area contributed by atoms with Gasteiger partial charge in [-0.15, -0.1) is 0 Å². The summed E-state index contributed by atoms with van der Waals surface area (Å²) in [4.78, 5) is 24.6. The summed E-state index contributed by atoms with van der Waals surface area (Å²) in [5, 5.41) is 13.2. The van der Waals surface area contributed by atoms with Crippen LogP contribution < -0.4 is 10.5 Å². The Kier molecular flexibility index (Phi) is 6.95. The lowest BCUT2D eigenvalue weighted by Crippen LogP contribution is -2.42. The first-order chi connectivity index (χ1) is 18.3. The second-order valence-electron chi connectivity index (χ2n) is 9.01. The van der Waals surface area contributed by atoms with Crippen molar-refractivity contribution in [3.63, 3.8) is 0 Å². The molecule has 0 spiro atoms. The van der Waals surface area contributed by atoms with E-state index in [1.54, 1.807) is 12.1 Å². The maximum atomic E-state index is 13.9. The molecule has 3 heterocycles. The van der Waals surface area contributed by atoms with E-state index in [4.69, 9.17) is 4.98 Å². The van der Waals surface area contributed by atoms with Crippen LogP contribution in [0.15, 0.2) is 89.1 Å². The lowest BCUT2D eigenvalue weighted by molar-refractivity contribution is -0.137. The number of nitrogens with zero attached hydrogens (tertiary/aromatic N) is 5. The normalized spacial score (nSPS) is 13.9. The molecule has 0 amide bonds. The average Bonchev–Trinajstić information content (AvgIpc) is 2.93. The summed E-state index contributed by atoms with van der Waals surface area (Å²) >= 11 is 0. The molecule has 0 unspecified atom stereocenters. The number of hydrogen-bond acceptors (Lipinski definition) is 6. The molecule has 194 valence electrons. The molecule has 0 saturated heterocycles. The molecule has 2 aromatic carbocycles. The highest BCUT2D eigenvalue weighted by molar-refractivity contribution is 5.90. The summed E-state index contributed by atoms with van der Waals surface area (Å²) < 4.78 is 42.0. The van der Waals surface area contributed by atoms with Crippen LogP contribution in [0.1, 0.15) is 17.5 Å². The molecule has 1 N–H and O–H groups in total. The minimum Gasteiger partial charge on any atom is -0.411 e. The van der Waals surface area contributed by atoms with Gasteiger partial charge in [0, 0.05) is 37.5 Å². The van der Waals surface area contributed by atoms with Crippen molar-refractivity contribution < 1.29 is 18.4 Å². The molecular weight excluding hydrogens is 495 g/mol. The van der Waals surface area contributed by atoms with Gasteiger partial charge in [-0.1, -0.05) is 47.6 Å². The molecule has 0 saturated carbocycles. The van der Waals surface area contributed by atoms with E-state index in [9.17, 15) is 23.2 Å². The number of hydrogen-bond donors (Lipinski definition) is 1. The van der Waals surface area contributed by atoms with Gasteiger partial charge in [-0.2, -0.15) is 13.2 Å². The van der Waals surface area contributed by atoms with Crippen molar-refractivity contribution in [3.8, 4) is 22.4 Å². The second kappa shape index (κ2) is 10.5. The number of benzene rings is 2. The average molecular weight is 520 g/mol. The predicted octanol–water partition coefficient (Wildman–Crippen LogP) is 5.27. The highest BCUT2D eigenvalue weighted by Gasteiger charge is 2.32. The molecule has 1 aliphatic heterocycles. The van der Waals surface area contributed by atoms with Gasteiger partial charge in [0.25, 0.3) is 5.56 Å². The molecule has 10 heteroatoms. The highest BCUT2D eigenvalue weighted by Crippen LogP contribution is 2.35. The maximum absolute atomic E-state index is 13.9. The Labute approximate surface area is 216 Å². The summed E-state index contributed by atoms with van der Waals surface area (Å²) in [6, 6.07) is 17.6. The number of pyridine rings is 1. The Hall–Kier alpha value is -4.47. The van der Waals surface area contributed by atoms with Crippen LogP contribution in [0.4, 0.5) is 19.1 Å². The Morgan fingerprint density at radius 1 is 0.974 bits per heavy atom. The van der Waals surface area contributed by atoms with Crippen molar-refractivity contribution in [3.05, 3.63) is 101 Å². The van der Waals surface area contributed by atoms with E-state index in [2.05, 4.69) is 10.1 Å². The second-order valence-corrected chi connectivity index (χ2v) is 9.01. The van der Waals surface area contributed by atoms with Crippen LogP contribution in [0.25, 0.3) is 22.4 Å². The number of anilines is 1. The number of aromatic nitrogens is 3. The van der Waals surface area contributed by atoms with Crippen LogP contribution in [0.5, 0.6) is 0 Å². The Balaban J connectivity index is 1.62. The van der Waals surface area contributed by atoms with Crippen molar-refractivity contribution in [1.29, 1.82) is 0 Å². The van der Waals surface area contributed by atoms with Crippen molar-refractivity contribution in [1.82, 2.24) is 14.5 Å². The molecule has 5 rings (SSSR count). The topological polar surface area (TPSA) is 83.6 Å². The monoisotopic (exact) mass is 519 g/mol. The summed E-state index contributed by atoms with van der Waals surface area (Å²) in [5.41, 5.74) is 1.23. The van der Waals surface area contributed by atoms with E-state index in [1.165, 1.54) is 29.1 Å². The van der Waals surface area contributed by atoms with Crippen molar-refractivity contribution in [2.24, 2.45) is 5.16 Å². The van der Waals surface area contributed by atoms with E-state index in [-0.39, 0.29) is 23.4 Å². The zero-order valence-electron chi connectivity index (χ0n) is 20.3. The van der Waals surface area contributed by atoms with Crippen LogP contribution in [0, 0.1) is 0 Å². The molecule has 38 heavy (non-hydrogen) atoms. The number of oxime groups is 1. The standard InChI is InChI=1S/C28H24F3N5O2/c29-28(30,31)22-9-4-8-21(17-22)24-25(20-10-12-32-13-11-20)33-27-35(14-5-15-36(27)26(24)37)18-23(34-38)16-19-6-2-1-3-7-19/h1-4,6-13,17,38H,5,14-16,18H2. The van der Waals surface area contributed by atoms with Crippen LogP contribution in [0.3, 0.4) is 0 Å². The molecule has 0 fully saturated rings. The smallest absolute Gasteiger partial charge is 0.411 e. The quantitative estimate of drug-likeness (QED) is 0.213. The Morgan fingerprint density at radius 2 is 1.74 bits per heavy atom.